The van der Waals surface area contributed by atoms with Crippen LogP contribution >= 0.6 is 0 Å². The van der Waals surface area contributed by atoms with Gasteiger partial charge in [-0.15, -0.1) is 0 Å². The van der Waals surface area contributed by atoms with Gasteiger partial charge in [-0.3, -0.25) is 9.59 Å². The minimum absolute atomic E-state index is 0.0650. The average molecular weight is 656 g/mol. The standard InChI is InChI=1S/C37H28F3NO7/c38-37(39,40)36(45)41-28-17-10-18-29(46-21-24-11-4-1-5-12-24)32(28)34(42)33-30(47-22-25-13-6-2-7-14-25)19-27(35(43)44)20-31(33)48-23-26-15-8-3-9-16-26/h1-20H,21-23H2,(H,41,45)(H,43,44). The maximum Gasteiger partial charge on any atom is 0.471 e. The Morgan fingerprint density at radius 1 is 0.583 bits per heavy atom. The molecule has 244 valence electrons. The van der Waals surface area contributed by atoms with Crippen LogP contribution in [0.25, 0.3) is 0 Å². The van der Waals surface area contributed by atoms with Gasteiger partial charge in [-0.05, 0) is 41.0 Å². The number of nitrogens with one attached hydrogen (secondary N) is 1. The van der Waals surface area contributed by atoms with E-state index in [1.807, 2.05) is 0 Å². The normalized spacial score (nSPS) is 11.0. The lowest BCUT2D eigenvalue weighted by Gasteiger charge is -2.20. The van der Waals surface area contributed by atoms with Gasteiger partial charge in [-0.25, -0.2) is 4.79 Å². The molecule has 0 saturated carbocycles. The van der Waals surface area contributed by atoms with Gasteiger partial charge in [0.2, 0.25) is 5.78 Å². The summed E-state index contributed by atoms with van der Waals surface area (Å²) < 4.78 is 58.2. The minimum Gasteiger partial charge on any atom is -0.488 e. The Bertz CT molecular complexity index is 1830. The highest BCUT2D eigenvalue weighted by molar-refractivity contribution is 6.18. The van der Waals surface area contributed by atoms with Crippen LogP contribution in [0, 0.1) is 0 Å². The van der Waals surface area contributed by atoms with Crippen LogP contribution in [0.2, 0.25) is 0 Å². The number of aromatic carboxylic acids is 1. The molecule has 0 fully saturated rings. The molecule has 11 heteroatoms. The Hall–Kier alpha value is -6.10. The fraction of sp³-hybridized carbons (Fsp3) is 0.108. The topological polar surface area (TPSA) is 111 Å². The van der Waals surface area contributed by atoms with Crippen molar-refractivity contribution in [2.75, 3.05) is 5.32 Å². The highest BCUT2D eigenvalue weighted by Gasteiger charge is 2.40. The molecule has 2 N–H and O–H groups in total. The van der Waals surface area contributed by atoms with E-state index in [9.17, 15) is 32.7 Å². The summed E-state index contributed by atoms with van der Waals surface area (Å²) >= 11 is 0. The van der Waals surface area contributed by atoms with Crippen LogP contribution in [0.15, 0.2) is 121 Å². The lowest BCUT2D eigenvalue weighted by atomic mass is 9.97. The number of hydrogen-bond acceptors (Lipinski definition) is 6. The van der Waals surface area contributed by atoms with E-state index in [0.29, 0.717) is 16.7 Å². The van der Waals surface area contributed by atoms with Gasteiger partial charge in [-0.1, -0.05) is 97.1 Å². The maximum absolute atomic E-state index is 14.7. The zero-order valence-corrected chi connectivity index (χ0v) is 25.2. The third-order valence-corrected chi connectivity index (χ3v) is 7.01. The first kappa shape index (κ1) is 33.3. The fourth-order valence-electron chi connectivity index (χ4n) is 4.68. The lowest BCUT2D eigenvalue weighted by Crippen LogP contribution is -2.30. The first-order valence-electron chi connectivity index (χ1n) is 14.6. The third kappa shape index (κ3) is 8.38. The van der Waals surface area contributed by atoms with E-state index in [0.717, 1.165) is 18.2 Å². The van der Waals surface area contributed by atoms with Crippen LogP contribution in [-0.4, -0.2) is 28.9 Å². The minimum atomic E-state index is -5.27. The summed E-state index contributed by atoms with van der Waals surface area (Å²) in [4.78, 5) is 38.9. The largest absolute Gasteiger partial charge is 0.488 e. The van der Waals surface area contributed by atoms with Crippen molar-refractivity contribution in [3.63, 3.8) is 0 Å². The first-order valence-corrected chi connectivity index (χ1v) is 14.6. The second-order valence-electron chi connectivity index (χ2n) is 10.4. The predicted octanol–water partition coefficient (Wildman–Crippen LogP) is 7.85. The number of carboxylic acids is 1. The zero-order chi connectivity index (χ0) is 34.1. The number of rotatable bonds is 13. The number of ketones is 1. The van der Waals surface area contributed by atoms with Crippen molar-refractivity contribution in [1.82, 2.24) is 0 Å². The van der Waals surface area contributed by atoms with E-state index in [2.05, 4.69) is 0 Å². The van der Waals surface area contributed by atoms with Crippen LogP contribution in [0.4, 0.5) is 18.9 Å². The summed E-state index contributed by atoms with van der Waals surface area (Å²) in [5.74, 6) is -5.16. The number of hydrogen-bond donors (Lipinski definition) is 2. The van der Waals surface area contributed by atoms with E-state index >= 15 is 0 Å². The van der Waals surface area contributed by atoms with Crippen LogP contribution in [-0.2, 0) is 24.6 Å². The second kappa shape index (κ2) is 15.0. The van der Waals surface area contributed by atoms with E-state index in [4.69, 9.17) is 14.2 Å². The van der Waals surface area contributed by atoms with E-state index in [-0.39, 0.29) is 48.2 Å². The monoisotopic (exact) mass is 655 g/mol. The third-order valence-electron chi connectivity index (χ3n) is 7.01. The Labute approximate surface area is 273 Å². The SMILES string of the molecule is O=C(O)c1cc(OCc2ccccc2)c(C(=O)c2c(NC(=O)C(F)(F)F)cccc2OCc2ccccc2)c(OCc2ccccc2)c1. The van der Waals surface area contributed by atoms with Crippen LogP contribution in [0.5, 0.6) is 17.2 Å². The highest BCUT2D eigenvalue weighted by Crippen LogP contribution is 2.39. The van der Waals surface area contributed by atoms with Gasteiger partial charge in [0.25, 0.3) is 0 Å². The predicted molar refractivity (Wildman–Crippen MR) is 170 cm³/mol. The molecule has 0 aliphatic carbocycles. The van der Waals surface area contributed by atoms with Crippen molar-refractivity contribution in [3.05, 3.63) is 155 Å². The molecule has 5 rings (SSSR count). The molecule has 0 bridgehead atoms. The number of carbonyl (C=O) groups excluding carboxylic acids is 2. The molecule has 0 heterocycles. The van der Waals surface area contributed by atoms with Crippen molar-refractivity contribution < 1.29 is 46.9 Å². The number of anilines is 1. The van der Waals surface area contributed by atoms with E-state index in [1.165, 1.54) is 12.1 Å². The maximum atomic E-state index is 14.7. The van der Waals surface area contributed by atoms with Gasteiger partial charge in [0, 0.05) is 0 Å². The molecule has 0 aromatic heterocycles. The van der Waals surface area contributed by atoms with E-state index < -0.39 is 35.1 Å². The summed E-state index contributed by atoms with van der Waals surface area (Å²) in [6, 6.07) is 32.6. The molecule has 5 aromatic rings. The first-order chi connectivity index (χ1) is 23.1. The number of alkyl halides is 3. The number of carboxylic acid groups (broad SMARTS) is 1. The summed E-state index contributed by atoms with van der Waals surface area (Å²) in [6.45, 7) is -0.247. The van der Waals surface area contributed by atoms with Gasteiger partial charge in [0.05, 0.1) is 16.8 Å². The van der Waals surface area contributed by atoms with Gasteiger partial charge in [-0.2, -0.15) is 13.2 Å². The fourth-order valence-corrected chi connectivity index (χ4v) is 4.68. The van der Waals surface area contributed by atoms with Crippen molar-refractivity contribution >= 4 is 23.3 Å². The number of halogens is 3. The van der Waals surface area contributed by atoms with Gasteiger partial charge in [0.15, 0.2) is 0 Å². The summed E-state index contributed by atoms with van der Waals surface area (Å²) in [5, 5.41) is 11.7. The van der Waals surface area contributed by atoms with Crippen molar-refractivity contribution in [2.45, 2.75) is 26.0 Å². The quantitative estimate of drug-likeness (QED) is 0.124. The molecule has 5 aromatic carbocycles. The van der Waals surface area contributed by atoms with Crippen LogP contribution < -0.4 is 19.5 Å². The molecule has 0 radical (unpaired) electrons. The molecule has 0 atom stereocenters. The molecular formula is C37H28F3NO7. The molecule has 0 aliphatic heterocycles. The molecule has 0 aliphatic rings. The van der Waals surface area contributed by atoms with E-state index in [1.54, 1.807) is 96.3 Å². The van der Waals surface area contributed by atoms with Crippen molar-refractivity contribution in [1.29, 1.82) is 0 Å². The molecule has 0 unspecified atom stereocenters. The van der Waals surface area contributed by atoms with Gasteiger partial charge in [0.1, 0.15) is 42.6 Å². The average Bonchev–Trinajstić information content (AvgIpc) is 3.09. The second-order valence-corrected chi connectivity index (χ2v) is 10.4. The Kier molecular flexibility index (Phi) is 10.4. The summed E-state index contributed by atoms with van der Waals surface area (Å²) in [7, 11) is 0. The van der Waals surface area contributed by atoms with Crippen molar-refractivity contribution in [3.8, 4) is 17.2 Å². The number of ether oxygens (including phenoxy) is 3. The molecule has 0 saturated heterocycles. The smallest absolute Gasteiger partial charge is 0.471 e. The number of carbonyl (C=O) groups is 3. The molecule has 1 amide bonds. The Morgan fingerprint density at radius 3 is 1.44 bits per heavy atom. The number of benzene rings is 5. The molecule has 8 nitrogen and oxygen atoms in total. The van der Waals surface area contributed by atoms with Crippen LogP contribution in [0.3, 0.4) is 0 Å². The molecule has 48 heavy (non-hydrogen) atoms. The molecule has 0 spiro atoms. The highest BCUT2D eigenvalue weighted by atomic mass is 19.4. The lowest BCUT2D eigenvalue weighted by molar-refractivity contribution is -0.167. The van der Waals surface area contributed by atoms with Gasteiger partial charge < -0.3 is 24.6 Å². The summed E-state index contributed by atoms with van der Waals surface area (Å²) in [5.41, 5.74) is 0.606. The van der Waals surface area contributed by atoms with Crippen LogP contribution in [0.1, 0.15) is 43.0 Å². The van der Waals surface area contributed by atoms with Crippen molar-refractivity contribution in [2.24, 2.45) is 0 Å². The zero-order valence-electron chi connectivity index (χ0n) is 25.2. The summed E-state index contributed by atoms with van der Waals surface area (Å²) in [6.07, 6.45) is -5.27. The van der Waals surface area contributed by atoms with Gasteiger partial charge >= 0.3 is 18.1 Å². The Balaban J connectivity index is 1.66. The molecular weight excluding hydrogens is 627 g/mol. The number of amides is 1. The Morgan fingerprint density at radius 2 is 1.02 bits per heavy atom.